The standard InChI is InChI=1S/C16H25N3O4S/c1-4-5-9-16(21)17-10-11-19(24(3,22)23)15-8-6-7-14(12-15)18-13(2)20/h6-8,12H,4-5,9-11H2,1-3H3,(H,17,21)(H,18,20). The van der Waals surface area contributed by atoms with Crippen LogP contribution in [0.4, 0.5) is 11.4 Å². The molecule has 24 heavy (non-hydrogen) atoms. The number of carbonyl (C=O) groups is 2. The van der Waals surface area contributed by atoms with Crippen LogP contribution in [0.1, 0.15) is 33.1 Å². The summed E-state index contributed by atoms with van der Waals surface area (Å²) in [4.78, 5) is 22.8. The maximum atomic E-state index is 12.0. The fourth-order valence-electron chi connectivity index (χ4n) is 2.15. The van der Waals surface area contributed by atoms with Crippen LogP contribution in [0.25, 0.3) is 0 Å². The Labute approximate surface area is 143 Å². The Bertz CT molecular complexity index is 674. The van der Waals surface area contributed by atoms with Gasteiger partial charge in [-0.2, -0.15) is 0 Å². The first-order chi connectivity index (χ1) is 11.2. The van der Waals surface area contributed by atoms with Crippen molar-refractivity contribution in [3.63, 3.8) is 0 Å². The lowest BCUT2D eigenvalue weighted by Gasteiger charge is -2.23. The zero-order valence-electron chi connectivity index (χ0n) is 14.3. The quantitative estimate of drug-likeness (QED) is 0.705. The van der Waals surface area contributed by atoms with Crippen LogP contribution in [0.15, 0.2) is 24.3 Å². The number of carbonyl (C=O) groups excluding carboxylic acids is 2. The lowest BCUT2D eigenvalue weighted by atomic mass is 10.2. The van der Waals surface area contributed by atoms with Gasteiger partial charge in [0.05, 0.1) is 18.5 Å². The summed E-state index contributed by atoms with van der Waals surface area (Å²) in [6, 6.07) is 6.57. The molecule has 0 aromatic heterocycles. The Hall–Kier alpha value is -2.09. The molecular weight excluding hydrogens is 330 g/mol. The molecule has 2 amide bonds. The molecule has 1 aromatic rings. The Morgan fingerprint density at radius 3 is 2.54 bits per heavy atom. The van der Waals surface area contributed by atoms with Gasteiger partial charge < -0.3 is 10.6 Å². The molecule has 1 aromatic carbocycles. The summed E-state index contributed by atoms with van der Waals surface area (Å²) >= 11 is 0. The Morgan fingerprint density at radius 2 is 1.96 bits per heavy atom. The molecule has 7 nitrogen and oxygen atoms in total. The average molecular weight is 355 g/mol. The molecule has 0 bridgehead atoms. The van der Waals surface area contributed by atoms with E-state index in [1.54, 1.807) is 24.3 Å². The highest BCUT2D eigenvalue weighted by Gasteiger charge is 2.17. The summed E-state index contributed by atoms with van der Waals surface area (Å²) in [6.07, 6.45) is 3.28. The number of rotatable bonds is 9. The van der Waals surface area contributed by atoms with Crippen molar-refractivity contribution in [1.82, 2.24) is 5.32 Å². The Balaban J connectivity index is 2.80. The van der Waals surface area contributed by atoms with Gasteiger partial charge in [0.15, 0.2) is 0 Å². The predicted molar refractivity (Wildman–Crippen MR) is 95.5 cm³/mol. The van der Waals surface area contributed by atoms with Crippen LogP contribution >= 0.6 is 0 Å². The maximum Gasteiger partial charge on any atom is 0.232 e. The summed E-state index contributed by atoms with van der Waals surface area (Å²) in [6.45, 7) is 3.73. The average Bonchev–Trinajstić information content (AvgIpc) is 2.47. The first kappa shape index (κ1) is 20.0. The van der Waals surface area contributed by atoms with Crippen molar-refractivity contribution < 1.29 is 18.0 Å². The second-order valence-electron chi connectivity index (χ2n) is 5.52. The highest BCUT2D eigenvalue weighted by Crippen LogP contribution is 2.21. The van der Waals surface area contributed by atoms with Gasteiger partial charge in [-0.15, -0.1) is 0 Å². The van der Waals surface area contributed by atoms with Crippen LogP contribution in [-0.4, -0.2) is 39.6 Å². The Kier molecular flexibility index (Phi) is 7.70. The number of hydrogen-bond acceptors (Lipinski definition) is 4. The van der Waals surface area contributed by atoms with Crippen LogP contribution in [0, 0.1) is 0 Å². The molecule has 0 atom stereocenters. The predicted octanol–water partition coefficient (Wildman–Crippen LogP) is 1.72. The van der Waals surface area contributed by atoms with Crippen molar-refractivity contribution in [3.8, 4) is 0 Å². The molecule has 1 rings (SSSR count). The summed E-state index contributed by atoms with van der Waals surface area (Å²) < 4.78 is 25.3. The molecule has 0 spiro atoms. The third kappa shape index (κ3) is 6.99. The van der Waals surface area contributed by atoms with Crippen LogP contribution in [0.5, 0.6) is 0 Å². The van der Waals surface area contributed by atoms with Gasteiger partial charge in [0.25, 0.3) is 0 Å². The van der Waals surface area contributed by atoms with E-state index >= 15 is 0 Å². The minimum Gasteiger partial charge on any atom is -0.354 e. The zero-order chi connectivity index (χ0) is 18.2. The molecule has 0 saturated carbocycles. The van der Waals surface area contributed by atoms with Gasteiger partial charge in [0.1, 0.15) is 0 Å². The highest BCUT2D eigenvalue weighted by atomic mass is 32.2. The highest BCUT2D eigenvalue weighted by molar-refractivity contribution is 7.92. The van der Waals surface area contributed by atoms with Crippen molar-refractivity contribution in [1.29, 1.82) is 0 Å². The van der Waals surface area contributed by atoms with Crippen molar-refractivity contribution in [2.24, 2.45) is 0 Å². The minimum absolute atomic E-state index is 0.0858. The van der Waals surface area contributed by atoms with E-state index in [-0.39, 0.29) is 24.9 Å². The monoisotopic (exact) mass is 355 g/mol. The van der Waals surface area contributed by atoms with E-state index in [0.29, 0.717) is 17.8 Å². The topological polar surface area (TPSA) is 95.6 Å². The van der Waals surface area contributed by atoms with Crippen molar-refractivity contribution in [3.05, 3.63) is 24.3 Å². The first-order valence-corrected chi connectivity index (χ1v) is 9.71. The lowest BCUT2D eigenvalue weighted by molar-refractivity contribution is -0.121. The van der Waals surface area contributed by atoms with Gasteiger partial charge in [0, 0.05) is 25.6 Å². The maximum absolute atomic E-state index is 12.0. The van der Waals surface area contributed by atoms with Gasteiger partial charge in [-0.05, 0) is 24.6 Å². The lowest BCUT2D eigenvalue weighted by Crippen LogP contribution is -2.38. The normalized spacial score (nSPS) is 11.0. The smallest absolute Gasteiger partial charge is 0.232 e. The number of sulfonamides is 1. The number of nitrogens with zero attached hydrogens (tertiary/aromatic N) is 1. The SMILES string of the molecule is CCCCC(=O)NCCN(c1cccc(NC(C)=O)c1)S(C)(=O)=O. The molecule has 2 N–H and O–H groups in total. The Morgan fingerprint density at radius 1 is 1.25 bits per heavy atom. The van der Waals surface area contributed by atoms with Crippen molar-refractivity contribution >= 4 is 33.2 Å². The second-order valence-corrected chi connectivity index (χ2v) is 7.43. The van der Waals surface area contributed by atoms with Crippen molar-refractivity contribution in [2.75, 3.05) is 29.0 Å². The van der Waals surface area contributed by atoms with Gasteiger partial charge >= 0.3 is 0 Å². The summed E-state index contributed by atoms with van der Waals surface area (Å²) in [7, 11) is -3.51. The molecule has 0 aliphatic carbocycles. The second kappa shape index (κ2) is 9.27. The third-order valence-electron chi connectivity index (χ3n) is 3.25. The molecule has 8 heteroatoms. The summed E-state index contributed by atoms with van der Waals surface area (Å²) in [5.74, 6) is -0.321. The van der Waals surface area contributed by atoms with Gasteiger partial charge in [-0.25, -0.2) is 8.42 Å². The fourth-order valence-corrected chi connectivity index (χ4v) is 3.07. The third-order valence-corrected chi connectivity index (χ3v) is 4.44. The molecule has 0 fully saturated rings. The summed E-state index contributed by atoms with van der Waals surface area (Å²) in [5.41, 5.74) is 0.951. The number of anilines is 2. The summed E-state index contributed by atoms with van der Waals surface area (Å²) in [5, 5.41) is 5.34. The fraction of sp³-hybridized carbons (Fsp3) is 0.500. The number of benzene rings is 1. The van der Waals surface area contributed by atoms with E-state index in [2.05, 4.69) is 10.6 Å². The number of nitrogens with one attached hydrogen (secondary N) is 2. The van der Waals surface area contributed by atoms with Crippen molar-refractivity contribution in [2.45, 2.75) is 33.1 Å². The molecule has 134 valence electrons. The van der Waals surface area contributed by atoms with Gasteiger partial charge in [0.2, 0.25) is 21.8 Å². The van der Waals surface area contributed by atoms with Crippen LogP contribution < -0.4 is 14.9 Å². The number of unbranched alkanes of at least 4 members (excludes halogenated alkanes) is 1. The van der Waals surface area contributed by atoms with E-state index in [4.69, 9.17) is 0 Å². The molecule has 0 aliphatic heterocycles. The molecule has 0 unspecified atom stereocenters. The van der Waals surface area contributed by atoms with E-state index in [0.717, 1.165) is 19.1 Å². The van der Waals surface area contributed by atoms with E-state index in [9.17, 15) is 18.0 Å². The number of hydrogen-bond donors (Lipinski definition) is 2. The number of amides is 2. The van der Waals surface area contributed by atoms with Gasteiger partial charge in [-0.1, -0.05) is 19.4 Å². The molecule has 0 saturated heterocycles. The van der Waals surface area contributed by atoms with Crippen LogP contribution in [0.2, 0.25) is 0 Å². The van der Waals surface area contributed by atoms with E-state index < -0.39 is 10.0 Å². The van der Waals surface area contributed by atoms with Crippen LogP contribution in [-0.2, 0) is 19.6 Å². The molecule has 0 aliphatic rings. The van der Waals surface area contributed by atoms with E-state index in [1.165, 1.54) is 11.2 Å². The molecule has 0 radical (unpaired) electrons. The van der Waals surface area contributed by atoms with Gasteiger partial charge in [-0.3, -0.25) is 13.9 Å². The van der Waals surface area contributed by atoms with E-state index in [1.807, 2.05) is 6.92 Å². The largest absolute Gasteiger partial charge is 0.354 e. The van der Waals surface area contributed by atoms with Crippen LogP contribution in [0.3, 0.4) is 0 Å². The zero-order valence-corrected chi connectivity index (χ0v) is 15.1. The minimum atomic E-state index is -3.51. The first-order valence-electron chi connectivity index (χ1n) is 7.86. The molecular formula is C16H25N3O4S. The molecule has 0 heterocycles.